The van der Waals surface area contributed by atoms with Gasteiger partial charge in [0.05, 0.1) is 5.59 Å². The molecule has 2 heterocycles. The lowest BCUT2D eigenvalue weighted by Gasteiger charge is -2.18. The number of hydrogen-bond donors (Lipinski definition) is 4. The van der Waals surface area contributed by atoms with Gasteiger partial charge < -0.3 is 20.1 Å². The van der Waals surface area contributed by atoms with E-state index in [2.05, 4.69) is 29.6 Å². The van der Waals surface area contributed by atoms with Gasteiger partial charge in [-0.2, -0.15) is 0 Å². The number of hydrogen-bond acceptors (Lipinski definition) is 7. The van der Waals surface area contributed by atoms with Gasteiger partial charge in [-0.3, -0.25) is 14.8 Å². The van der Waals surface area contributed by atoms with E-state index in [4.69, 9.17) is 20.1 Å². The van der Waals surface area contributed by atoms with Crippen LogP contribution in [0.4, 0.5) is 0 Å². The van der Waals surface area contributed by atoms with E-state index in [0.29, 0.717) is 5.46 Å². The van der Waals surface area contributed by atoms with Crippen molar-refractivity contribution >= 4 is 44.5 Å². The molecule has 0 aliphatic carbocycles. The van der Waals surface area contributed by atoms with Gasteiger partial charge in [0, 0.05) is 23.3 Å². The molecule has 2 aromatic heterocycles. The lowest BCUT2D eigenvalue weighted by Crippen LogP contribution is -2.54. The molecule has 132 valence electrons. The Kier molecular flexibility index (Phi) is 7.65. The molecule has 0 atom stereocenters. The summed E-state index contributed by atoms with van der Waals surface area (Å²) in [6.07, 6.45) is 3.10. The largest absolute Gasteiger partial charge is 0.508 e. The SMILES string of the molecule is CC(=O)c1cccnc1B(O)O.C[Si](C)(C)c1ncccc1B(O)O. The first-order valence-electron chi connectivity index (χ1n) is 7.69. The Morgan fingerprint density at radius 2 is 1.52 bits per heavy atom. The molecule has 0 amide bonds. The van der Waals surface area contributed by atoms with Crippen LogP contribution in [-0.2, 0) is 0 Å². The molecule has 0 aliphatic rings. The van der Waals surface area contributed by atoms with Crippen molar-refractivity contribution < 1.29 is 24.9 Å². The number of rotatable bonds is 4. The zero-order valence-electron chi connectivity index (χ0n) is 14.7. The van der Waals surface area contributed by atoms with Crippen molar-refractivity contribution in [1.82, 2.24) is 9.97 Å². The zero-order chi connectivity index (χ0) is 19.2. The lowest BCUT2D eigenvalue weighted by atomic mass is 9.81. The summed E-state index contributed by atoms with van der Waals surface area (Å²) in [6, 6.07) is 6.51. The Labute approximate surface area is 148 Å². The fourth-order valence-electron chi connectivity index (χ4n) is 2.17. The van der Waals surface area contributed by atoms with Gasteiger partial charge in [-0.05, 0) is 30.6 Å². The van der Waals surface area contributed by atoms with Gasteiger partial charge in [0.25, 0.3) is 0 Å². The Balaban J connectivity index is 0.000000251. The smallest absolute Gasteiger partial charge is 0.423 e. The summed E-state index contributed by atoms with van der Waals surface area (Å²) in [5, 5.41) is 36.7. The first-order chi connectivity index (χ1) is 11.6. The van der Waals surface area contributed by atoms with Gasteiger partial charge in [-0.1, -0.05) is 25.7 Å². The summed E-state index contributed by atoms with van der Waals surface area (Å²) < 4.78 is 0. The second kappa shape index (κ2) is 9.02. The molecule has 0 radical (unpaired) electrons. The second-order valence-electron chi connectivity index (χ2n) is 6.43. The number of ketones is 1. The molecule has 0 aromatic carbocycles. The summed E-state index contributed by atoms with van der Waals surface area (Å²) in [4.78, 5) is 18.8. The minimum Gasteiger partial charge on any atom is -0.423 e. The number of carbonyl (C=O) groups excluding carboxylic acids is 1. The molecule has 2 aromatic rings. The van der Waals surface area contributed by atoms with Crippen LogP contribution in [0, 0.1) is 0 Å². The van der Waals surface area contributed by atoms with Crippen LogP contribution in [0.15, 0.2) is 36.7 Å². The van der Waals surface area contributed by atoms with E-state index in [9.17, 15) is 4.79 Å². The average Bonchev–Trinajstić information content (AvgIpc) is 2.54. The third-order valence-electron chi connectivity index (χ3n) is 3.29. The standard InChI is InChI=1S/C8H14BNO2Si.C7H8BNO3/c1-13(2,3)8-7(9(11)12)5-4-6-10-8;1-5(10)6-3-2-4-9-7(6)8(11)12/h4-6,11-12H,1-3H3;2-4,11-12H,1H3. The lowest BCUT2D eigenvalue weighted by molar-refractivity contribution is 0.101. The summed E-state index contributed by atoms with van der Waals surface area (Å²) in [5.41, 5.74) is 0.791. The van der Waals surface area contributed by atoms with Crippen LogP contribution in [0.2, 0.25) is 19.6 Å². The third kappa shape index (κ3) is 6.18. The van der Waals surface area contributed by atoms with E-state index >= 15 is 0 Å². The Hall–Kier alpha value is -1.84. The maximum atomic E-state index is 10.9. The number of Topliss-reactive ketones (excluding diaryl/α,β-unsaturated/α-hetero) is 1. The number of aromatic nitrogens is 2. The van der Waals surface area contributed by atoms with Crippen molar-refractivity contribution in [3.63, 3.8) is 0 Å². The Morgan fingerprint density at radius 1 is 0.960 bits per heavy atom. The van der Waals surface area contributed by atoms with Crippen molar-refractivity contribution in [3.05, 3.63) is 42.2 Å². The van der Waals surface area contributed by atoms with E-state index in [-0.39, 0.29) is 16.9 Å². The molecule has 0 bridgehead atoms. The minimum atomic E-state index is -1.69. The van der Waals surface area contributed by atoms with Crippen molar-refractivity contribution in [2.45, 2.75) is 26.6 Å². The van der Waals surface area contributed by atoms with Gasteiger partial charge in [-0.25, -0.2) is 0 Å². The van der Waals surface area contributed by atoms with Gasteiger partial charge >= 0.3 is 14.2 Å². The maximum absolute atomic E-state index is 10.9. The van der Waals surface area contributed by atoms with Crippen molar-refractivity contribution in [1.29, 1.82) is 0 Å². The average molecular weight is 360 g/mol. The topological polar surface area (TPSA) is 124 Å². The van der Waals surface area contributed by atoms with Crippen LogP contribution in [0.1, 0.15) is 17.3 Å². The first-order valence-corrected chi connectivity index (χ1v) is 11.2. The van der Waals surface area contributed by atoms with Crippen LogP contribution in [0.5, 0.6) is 0 Å². The Morgan fingerprint density at radius 3 is 1.92 bits per heavy atom. The summed E-state index contributed by atoms with van der Waals surface area (Å²) in [6.45, 7) is 7.73. The molecule has 2 rings (SSSR count). The quantitative estimate of drug-likeness (QED) is 0.377. The molecule has 0 spiro atoms. The van der Waals surface area contributed by atoms with Crippen LogP contribution in [0.3, 0.4) is 0 Å². The molecule has 0 saturated heterocycles. The number of pyridine rings is 2. The second-order valence-corrected chi connectivity index (χ2v) is 11.4. The summed E-state index contributed by atoms with van der Waals surface area (Å²) in [5.74, 6) is -0.230. The fourth-order valence-corrected chi connectivity index (χ4v) is 3.71. The molecular formula is C15H22B2N2O5Si. The van der Waals surface area contributed by atoms with E-state index in [1.54, 1.807) is 24.4 Å². The summed E-state index contributed by atoms with van der Waals surface area (Å²) in [7, 11) is -4.67. The zero-order valence-corrected chi connectivity index (χ0v) is 15.7. The van der Waals surface area contributed by atoms with Crippen LogP contribution < -0.4 is 16.4 Å². The van der Waals surface area contributed by atoms with Crippen LogP contribution in [-0.4, -0.2) is 58.2 Å². The highest BCUT2D eigenvalue weighted by Gasteiger charge is 2.26. The van der Waals surface area contributed by atoms with Crippen LogP contribution >= 0.6 is 0 Å². The highest BCUT2D eigenvalue weighted by molar-refractivity contribution is 6.91. The molecule has 4 N–H and O–H groups in total. The number of nitrogens with zero attached hydrogens (tertiary/aromatic N) is 2. The van der Waals surface area contributed by atoms with Gasteiger partial charge in [0.15, 0.2) is 5.78 Å². The van der Waals surface area contributed by atoms with Crippen LogP contribution in [0.25, 0.3) is 0 Å². The monoisotopic (exact) mass is 360 g/mol. The molecule has 0 unspecified atom stereocenters. The van der Waals surface area contributed by atoms with Gasteiger partial charge in [0.2, 0.25) is 0 Å². The van der Waals surface area contributed by atoms with Gasteiger partial charge in [-0.15, -0.1) is 0 Å². The molecular weight excluding hydrogens is 338 g/mol. The summed E-state index contributed by atoms with van der Waals surface area (Å²) >= 11 is 0. The first kappa shape index (κ1) is 21.2. The van der Waals surface area contributed by atoms with Crippen molar-refractivity contribution in [2.75, 3.05) is 0 Å². The fraction of sp³-hybridized carbons (Fsp3) is 0.267. The molecule has 7 nitrogen and oxygen atoms in total. The van der Waals surface area contributed by atoms with E-state index in [1.807, 2.05) is 0 Å². The van der Waals surface area contributed by atoms with E-state index < -0.39 is 22.3 Å². The predicted molar refractivity (Wildman–Crippen MR) is 101 cm³/mol. The van der Waals surface area contributed by atoms with Crippen molar-refractivity contribution in [3.8, 4) is 0 Å². The normalized spacial score (nSPS) is 10.6. The predicted octanol–water partition coefficient (Wildman–Crippen LogP) is -1.73. The third-order valence-corrected chi connectivity index (χ3v) is 5.13. The van der Waals surface area contributed by atoms with Crippen molar-refractivity contribution in [2.24, 2.45) is 0 Å². The molecule has 0 fully saturated rings. The minimum absolute atomic E-state index is 0.00463. The van der Waals surface area contributed by atoms with Gasteiger partial charge in [0.1, 0.15) is 8.07 Å². The molecule has 10 heteroatoms. The molecule has 0 saturated carbocycles. The van der Waals surface area contributed by atoms with E-state index in [0.717, 1.165) is 5.32 Å². The maximum Gasteiger partial charge on any atom is 0.508 e. The Bertz CT molecular complexity index is 723. The highest BCUT2D eigenvalue weighted by Crippen LogP contribution is 1.98. The highest BCUT2D eigenvalue weighted by atomic mass is 28.3. The molecule has 25 heavy (non-hydrogen) atoms. The van der Waals surface area contributed by atoms with E-state index in [1.165, 1.54) is 19.2 Å². The number of carbonyl (C=O) groups is 1. The molecule has 0 aliphatic heterocycles.